The van der Waals surface area contributed by atoms with Gasteiger partial charge in [-0.15, -0.1) is 10.2 Å². The van der Waals surface area contributed by atoms with E-state index in [-0.39, 0.29) is 12.5 Å². The van der Waals surface area contributed by atoms with Gasteiger partial charge in [0.05, 0.1) is 0 Å². The van der Waals surface area contributed by atoms with Gasteiger partial charge < -0.3 is 10.1 Å². The highest BCUT2D eigenvalue weighted by Gasteiger charge is 2.28. The summed E-state index contributed by atoms with van der Waals surface area (Å²) in [6.07, 6.45) is 1.62. The van der Waals surface area contributed by atoms with Gasteiger partial charge in [-0.3, -0.25) is 10.1 Å². The predicted molar refractivity (Wildman–Crippen MR) is 89.7 cm³/mol. The third-order valence-electron chi connectivity index (χ3n) is 3.54. The minimum atomic E-state index is -0.735. The van der Waals surface area contributed by atoms with Crippen LogP contribution in [0.2, 0.25) is 0 Å². The van der Waals surface area contributed by atoms with Crippen molar-refractivity contribution in [3.63, 3.8) is 0 Å². The summed E-state index contributed by atoms with van der Waals surface area (Å²) in [5, 5.41) is 14.6. The molecule has 0 radical (unpaired) electrons. The van der Waals surface area contributed by atoms with Gasteiger partial charge in [-0.25, -0.2) is 4.79 Å². The first-order valence-corrected chi connectivity index (χ1v) is 8.55. The fourth-order valence-corrected chi connectivity index (χ4v) is 2.92. The Morgan fingerprint density at radius 3 is 2.75 bits per heavy atom. The number of aromatic nitrogens is 2. The van der Waals surface area contributed by atoms with Crippen molar-refractivity contribution in [1.82, 2.24) is 15.5 Å². The average molecular weight is 346 g/mol. The molecule has 0 spiro atoms. The van der Waals surface area contributed by atoms with Gasteiger partial charge in [0.25, 0.3) is 0 Å². The van der Waals surface area contributed by atoms with E-state index in [4.69, 9.17) is 4.74 Å². The fourth-order valence-electron chi connectivity index (χ4n) is 2.00. The quantitative estimate of drug-likeness (QED) is 0.839. The van der Waals surface area contributed by atoms with Crippen molar-refractivity contribution >= 4 is 28.5 Å². The lowest BCUT2D eigenvalue weighted by molar-refractivity contribution is -0.117. The Bertz CT molecular complexity index is 715. The molecule has 1 aromatic heterocycles. The number of amides is 2. The summed E-state index contributed by atoms with van der Waals surface area (Å²) in [6, 6.07) is 8.60. The van der Waals surface area contributed by atoms with Crippen LogP contribution in [0, 0.1) is 0 Å². The number of nitrogens with zero attached hydrogens (tertiary/aromatic N) is 2. The van der Waals surface area contributed by atoms with Crippen LogP contribution in [-0.2, 0) is 16.1 Å². The van der Waals surface area contributed by atoms with E-state index in [1.54, 1.807) is 6.92 Å². The zero-order valence-electron chi connectivity index (χ0n) is 13.2. The van der Waals surface area contributed by atoms with Crippen LogP contribution in [0.4, 0.5) is 9.93 Å². The number of carbonyl (C=O) groups excluding carboxylic acids is 2. The molecule has 0 saturated heterocycles. The molecule has 0 bridgehead atoms. The van der Waals surface area contributed by atoms with E-state index in [2.05, 4.69) is 20.8 Å². The molecular weight excluding hydrogens is 328 g/mol. The number of hydrogen-bond acceptors (Lipinski definition) is 6. The van der Waals surface area contributed by atoms with E-state index >= 15 is 0 Å². The van der Waals surface area contributed by atoms with E-state index in [0.29, 0.717) is 11.0 Å². The molecule has 1 heterocycles. The lowest BCUT2D eigenvalue weighted by atomic mass is 10.2. The second kappa shape index (κ2) is 7.39. The Morgan fingerprint density at radius 2 is 2.04 bits per heavy atom. The first-order chi connectivity index (χ1) is 11.6. The molecule has 1 aliphatic rings. The van der Waals surface area contributed by atoms with Crippen LogP contribution in [0.15, 0.2) is 30.3 Å². The smallest absolute Gasteiger partial charge is 0.408 e. The van der Waals surface area contributed by atoms with Gasteiger partial charge in [0, 0.05) is 5.92 Å². The first kappa shape index (κ1) is 16.4. The summed E-state index contributed by atoms with van der Waals surface area (Å²) < 4.78 is 5.09. The zero-order valence-corrected chi connectivity index (χ0v) is 14.0. The molecule has 0 aliphatic heterocycles. The third-order valence-corrected chi connectivity index (χ3v) is 4.54. The van der Waals surface area contributed by atoms with Crippen LogP contribution in [0.5, 0.6) is 0 Å². The van der Waals surface area contributed by atoms with Crippen LogP contribution in [-0.4, -0.2) is 28.2 Å². The molecule has 2 N–H and O–H groups in total. The highest BCUT2D eigenvalue weighted by atomic mass is 32.1. The van der Waals surface area contributed by atoms with Crippen LogP contribution < -0.4 is 10.6 Å². The Hall–Kier alpha value is -2.48. The van der Waals surface area contributed by atoms with Crippen LogP contribution >= 0.6 is 11.3 Å². The molecule has 1 aromatic carbocycles. The summed E-state index contributed by atoms with van der Waals surface area (Å²) in [4.78, 5) is 23.8. The molecule has 2 aromatic rings. The van der Waals surface area contributed by atoms with Gasteiger partial charge in [-0.2, -0.15) is 0 Å². The Labute approximate surface area is 143 Å². The van der Waals surface area contributed by atoms with E-state index in [9.17, 15) is 9.59 Å². The zero-order chi connectivity index (χ0) is 16.9. The minimum absolute atomic E-state index is 0.155. The maximum atomic E-state index is 12.1. The molecule has 3 rings (SSSR count). The van der Waals surface area contributed by atoms with Gasteiger partial charge >= 0.3 is 6.09 Å². The van der Waals surface area contributed by atoms with E-state index in [1.165, 1.54) is 11.3 Å². The Balaban J connectivity index is 1.43. The summed E-state index contributed by atoms with van der Waals surface area (Å²) in [6.45, 7) is 1.74. The van der Waals surface area contributed by atoms with Crippen molar-refractivity contribution in [2.45, 2.75) is 38.3 Å². The SMILES string of the molecule is C[C@H](NC(=O)OCc1ccccc1)C(=O)Nc1nnc(C2CC2)s1. The normalized spacial score (nSPS) is 14.7. The van der Waals surface area contributed by atoms with E-state index in [0.717, 1.165) is 23.4 Å². The molecule has 24 heavy (non-hydrogen) atoms. The molecular formula is C16H18N4O3S. The molecule has 1 atom stereocenters. The molecule has 126 valence electrons. The topological polar surface area (TPSA) is 93.2 Å². The third kappa shape index (κ3) is 4.51. The van der Waals surface area contributed by atoms with Crippen molar-refractivity contribution in [1.29, 1.82) is 0 Å². The van der Waals surface area contributed by atoms with Crippen molar-refractivity contribution in [2.24, 2.45) is 0 Å². The highest BCUT2D eigenvalue weighted by Crippen LogP contribution is 2.42. The second-order valence-corrected chi connectivity index (χ2v) is 6.65. The molecule has 7 nitrogen and oxygen atoms in total. The number of anilines is 1. The Kier molecular flexibility index (Phi) is 5.05. The van der Waals surface area contributed by atoms with Crippen LogP contribution in [0.25, 0.3) is 0 Å². The number of nitrogens with one attached hydrogen (secondary N) is 2. The Morgan fingerprint density at radius 1 is 1.29 bits per heavy atom. The van der Waals surface area contributed by atoms with E-state index in [1.807, 2.05) is 30.3 Å². The molecule has 2 amide bonds. The van der Waals surface area contributed by atoms with Crippen molar-refractivity contribution in [3.05, 3.63) is 40.9 Å². The fraction of sp³-hybridized carbons (Fsp3) is 0.375. The summed E-state index contributed by atoms with van der Waals surface area (Å²) in [5.41, 5.74) is 0.881. The lowest BCUT2D eigenvalue weighted by Crippen LogP contribution is -2.41. The maximum absolute atomic E-state index is 12.1. The first-order valence-electron chi connectivity index (χ1n) is 7.73. The second-order valence-electron chi connectivity index (χ2n) is 5.64. The highest BCUT2D eigenvalue weighted by molar-refractivity contribution is 7.15. The number of carbonyl (C=O) groups is 2. The number of ether oxygens (including phenoxy) is 1. The van der Waals surface area contributed by atoms with Gasteiger partial charge in [-0.1, -0.05) is 41.7 Å². The molecule has 0 unspecified atom stereocenters. The van der Waals surface area contributed by atoms with Gasteiger partial charge in [0.1, 0.15) is 17.7 Å². The minimum Gasteiger partial charge on any atom is -0.445 e. The molecule has 1 fully saturated rings. The molecule has 1 aliphatic carbocycles. The van der Waals surface area contributed by atoms with Crippen molar-refractivity contribution in [3.8, 4) is 0 Å². The standard InChI is InChI=1S/C16H18N4O3S/c1-10(17-16(22)23-9-11-5-3-2-4-6-11)13(21)18-15-20-19-14(24-15)12-7-8-12/h2-6,10,12H,7-9H2,1H3,(H,17,22)(H,18,20,21)/t10-/m0/s1. The van der Waals surface area contributed by atoms with Crippen LogP contribution in [0.1, 0.15) is 36.3 Å². The molecule has 8 heteroatoms. The number of hydrogen-bond donors (Lipinski definition) is 2. The molecule has 1 saturated carbocycles. The van der Waals surface area contributed by atoms with Crippen molar-refractivity contribution < 1.29 is 14.3 Å². The van der Waals surface area contributed by atoms with Gasteiger partial charge in [0.15, 0.2) is 0 Å². The number of rotatable bonds is 6. The van der Waals surface area contributed by atoms with Crippen LogP contribution in [0.3, 0.4) is 0 Å². The maximum Gasteiger partial charge on any atom is 0.408 e. The van der Waals surface area contributed by atoms with Gasteiger partial charge in [-0.05, 0) is 25.3 Å². The number of benzene rings is 1. The monoisotopic (exact) mass is 346 g/mol. The largest absolute Gasteiger partial charge is 0.445 e. The lowest BCUT2D eigenvalue weighted by Gasteiger charge is -2.13. The summed E-state index contributed by atoms with van der Waals surface area (Å²) in [5.74, 6) is 0.141. The number of alkyl carbamates (subject to hydrolysis) is 1. The summed E-state index contributed by atoms with van der Waals surface area (Å²) in [7, 11) is 0. The predicted octanol–water partition coefficient (Wildman–Crippen LogP) is 2.67. The van der Waals surface area contributed by atoms with E-state index < -0.39 is 12.1 Å². The summed E-state index contributed by atoms with van der Waals surface area (Å²) >= 11 is 1.38. The van der Waals surface area contributed by atoms with Crippen molar-refractivity contribution in [2.75, 3.05) is 5.32 Å². The van der Waals surface area contributed by atoms with Gasteiger partial charge in [0.2, 0.25) is 11.0 Å². The average Bonchev–Trinajstić information content (AvgIpc) is 3.34.